The summed E-state index contributed by atoms with van der Waals surface area (Å²) in [5, 5.41) is 16.6. The molecule has 1 aromatic carbocycles. The fraction of sp³-hybridized carbons (Fsp3) is 0.611. The second-order valence-electron chi connectivity index (χ2n) is 7.33. The van der Waals surface area contributed by atoms with Crippen molar-refractivity contribution in [2.24, 2.45) is 0 Å². The molecule has 0 bridgehead atoms. The van der Waals surface area contributed by atoms with Gasteiger partial charge in [-0.05, 0) is 51.8 Å². The zero-order valence-corrected chi connectivity index (χ0v) is 14.9. The van der Waals surface area contributed by atoms with Crippen LogP contribution in [0.5, 0.6) is 5.75 Å². The Morgan fingerprint density at radius 1 is 1.42 bits per heavy atom. The molecule has 1 saturated heterocycles. The van der Waals surface area contributed by atoms with Crippen LogP contribution in [0.2, 0.25) is 0 Å². The lowest BCUT2D eigenvalue weighted by atomic mass is 9.87. The standard InChI is InChI=1S/C18H28N2O4/c1-17(2,3)24-16(21)20-14-7-6-13(15(10-14)23-4)11-18(22)8-5-9-19-12-18/h6-7,10,19,22H,5,8-9,11-12H2,1-4H3,(H,20,21). The van der Waals surface area contributed by atoms with Crippen molar-refractivity contribution in [2.45, 2.75) is 51.2 Å². The van der Waals surface area contributed by atoms with Gasteiger partial charge in [0.15, 0.2) is 0 Å². The molecule has 6 nitrogen and oxygen atoms in total. The minimum atomic E-state index is -0.758. The minimum absolute atomic E-state index is 0.507. The van der Waals surface area contributed by atoms with Crippen LogP contribution in [-0.4, -0.2) is 42.6 Å². The van der Waals surface area contributed by atoms with Gasteiger partial charge in [-0.2, -0.15) is 0 Å². The maximum Gasteiger partial charge on any atom is 0.412 e. The number of β-amino-alcohol motifs (C(OH)–C–C–N with tert-alkyl or cyclic N) is 1. The molecule has 3 N–H and O–H groups in total. The Labute approximate surface area is 143 Å². The number of ether oxygens (including phenoxy) is 2. The first-order valence-corrected chi connectivity index (χ1v) is 8.31. The molecule has 0 radical (unpaired) electrons. The number of carbonyl (C=O) groups is 1. The maximum absolute atomic E-state index is 11.9. The number of methoxy groups -OCH3 is 1. The molecule has 6 heteroatoms. The maximum atomic E-state index is 11.9. The average molecular weight is 336 g/mol. The van der Waals surface area contributed by atoms with Crippen LogP contribution in [0.25, 0.3) is 0 Å². The van der Waals surface area contributed by atoms with Crippen molar-refractivity contribution >= 4 is 11.8 Å². The van der Waals surface area contributed by atoms with Gasteiger partial charge < -0.3 is 19.9 Å². The first-order valence-electron chi connectivity index (χ1n) is 8.31. The third-order valence-corrected chi connectivity index (χ3v) is 3.90. The van der Waals surface area contributed by atoms with Crippen LogP contribution in [0.15, 0.2) is 18.2 Å². The monoisotopic (exact) mass is 336 g/mol. The number of benzene rings is 1. The molecule has 1 unspecified atom stereocenters. The highest BCUT2D eigenvalue weighted by molar-refractivity contribution is 5.85. The van der Waals surface area contributed by atoms with Gasteiger partial charge in [-0.1, -0.05) is 6.07 Å². The van der Waals surface area contributed by atoms with E-state index in [0.29, 0.717) is 24.4 Å². The summed E-state index contributed by atoms with van der Waals surface area (Å²) in [6, 6.07) is 5.42. The van der Waals surface area contributed by atoms with Gasteiger partial charge in [0, 0.05) is 24.7 Å². The predicted molar refractivity (Wildman–Crippen MR) is 93.6 cm³/mol. The first-order chi connectivity index (χ1) is 11.2. The fourth-order valence-corrected chi connectivity index (χ4v) is 2.85. The van der Waals surface area contributed by atoms with Gasteiger partial charge in [0.1, 0.15) is 11.4 Å². The van der Waals surface area contributed by atoms with E-state index in [1.165, 1.54) is 0 Å². The molecular weight excluding hydrogens is 308 g/mol. The van der Waals surface area contributed by atoms with Gasteiger partial charge >= 0.3 is 6.09 Å². The molecular formula is C18H28N2O4. The molecule has 2 rings (SSSR count). The van der Waals surface area contributed by atoms with Gasteiger partial charge in [0.05, 0.1) is 12.7 Å². The van der Waals surface area contributed by atoms with E-state index in [2.05, 4.69) is 10.6 Å². The third-order valence-electron chi connectivity index (χ3n) is 3.90. The van der Waals surface area contributed by atoms with E-state index < -0.39 is 17.3 Å². The smallest absolute Gasteiger partial charge is 0.412 e. The quantitative estimate of drug-likeness (QED) is 0.788. The Kier molecular flexibility index (Phi) is 5.72. The Bertz CT molecular complexity index is 575. The lowest BCUT2D eigenvalue weighted by molar-refractivity contribution is 0.0164. The summed E-state index contributed by atoms with van der Waals surface area (Å²) in [6.07, 6.45) is 1.72. The van der Waals surface area contributed by atoms with Crippen molar-refractivity contribution in [3.63, 3.8) is 0 Å². The number of rotatable bonds is 4. The average Bonchev–Trinajstić information content (AvgIpc) is 2.47. The number of aliphatic hydroxyl groups is 1. The molecule has 0 spiro atoms. The van der Waals surface area contributed by atoms with Gasteiger partial charge in [0.25, 0.3) is 0 Å². The van der Waals surface area contributed by atoms with Crippen LogP contribution in [0.1, 0.15) is 39.2 Å². The van der Waals surface area contributed by atoms with Gasteiger partial charge in [-0.25, -0.2) is 4.79 Å². The molecule has 1 amide bonds. The van der Waals surface area contributed by atoms with Gasteiger partial charge in [0.2, 0.25) is 0 Å². The molecule has 1 aliphatic heterocycles. The molecule has 1 heterocycles. The van der Waals surface area contributed by atoms with Crippen molar-refractivity contribution in [3.05, 3.63) is 23.8 Å². The number of amides is 1. The van der Waals surface area contributed by atoms with Crippen molar-refractivity contribution in [1.29, 1.82) is 0 Å². The van der Waals surface area contributed by atoms with Crippen molar-refractivity contribution < 1.29 is 19.4 Å². The Morgan fingerprint density at radius 3 is 2.75 bits per heavy atom. The van der Waals surface area contributed by atoms with Crippen LogP contribution in [0, 0.1) is 0 Å². The van der Waals surface area contributed by atoms with Crippen molar-refractivity contribution in [1.82, 2.24) is 5.32 Å². The van der Waals surface area contributed by atoms with E-state index in [1.54, 1.807) is 19.2 Å². The molecule has 24 heavy (non-hydrogen) atoms. The number of hydrogen-bond donors (Lipinski definition) is 3. The highest BCUT2D eigenvalue weighted by atomic mass is 16.6. The molecule has 1 atom stereocenters. The highest BCUT2D eigenvalue weighted by Gasteiger charge is 2.30. The summed E-state index contributed by atoms with van der Waals surface area (Å²) in [4.78, 5) is 11.9. The van der Waals surface area contributed by atoms with E-state index in [4.69, 9.17) is 9.47 Å². The Balaban J connectivity index is 2.08. The molecule has 0 aliphatic carbocycles. The Hall–Kier alpha value is -1.79. The second kappa shape index (κ2) is 7.40. The van der Waals surface area contributed by atoms with Gasteiger partial charge in [-0.15, -0.1) is 0 Å². The van der Waals surface area contributed by atoms with E-state index in [-0.39, 0.29) is 0 Å². The fourth-order valence-electron chi connectivity index (χ4n) is 2.85. The largest absolute Gasteiger partial charge is 0.496 e. The van der Waals surface area contributed by atoms with Gasteiger partial charge in [-0.3, -0.25) is 5.32 Å². The normalized spacial score (nSPS) is 21.2. The number of hydrogen-bond acceptors (Lipinski definition) is 5. The number of anilines is 1. The Morgan fingerprint density at radius 2 is 2.17 bits per heavy atom. The topological polar surface area (TPSA) is 79.8 Å². The van der Waals surface area contributed by atoms with Crippen LogP contribution in [0.4, 0.5) is 10.5 Å². The summed E-state index contributed by atoms with van der Waals surface area (Å²) in [5.41, 5.74) is 0.203. The molecule has 0 saturated carbocycles. The first kappa shape index (κ1) is 18.5. The van der Waals surface area contributed by atoms with E-state index in [1.807, 2.05) is 26.8 Å². The van der Waals surface area contributed by atoms with E-state index >= 15 is 0 Å². The van der Waals surface area contributed by atoms with Crippen LogP contribution in [-0.2, 0) is 11.2 Å². The molecule has 1 aromatic rings. The van der Waals surface area contributed by atoms with E-state index in [0.717, 1.165) is 24.9 Å². The SMILES string of the molecule is COc1cc(NC(=O)OC(C)(C)C)ccc1CC1(O)CCCNC1. The zero-order valence-electron chi connectivity index (χ0n) is 14.9. The summed E-state index contributed by atoms with van der Waals surface area (Å²) in [7, 11) is 1.58. The lowest BCUT2D eigenvalue weighted by Crippen LogP contribution is -2.47. The number of carbonyl (C=O) groups excluding carboxylic acids is 1. The molecule has 1 aliphatic rings. The van der Waals surface area contributed by atoms with Crippen LogP contribution < -0.4 is 15.4 Å². The summed E-state index contributed by atoms with van der Waals surface area (Å²) in [6.45, 7) is 6.96. The number of piperidine rings is 1. The summed E-state index contributed by atoms with van der Waals surface area (Å²) in [5.74, 6) is 0.641. The molecule has 1 fully saturated rings. The van der Waals surface area contributed by atoms with Crippen LogP contribution >= 0.6 is 0 Å². The zero-order chi connectivity index (χ0) is 17.8. The van der Waals surface area contributed by atoms with Crippen molar-refractivity contribution in [2.75, 3.05) is 25.5 Å². The van der Waals surface area contributed by atoms with Crippen molar-refractivity contribution in [3.8, 4) is 5.75 Å². The summed E-state index contributed by atoms with van der Waals surface area (Å²) < 4.78 is 10.7. The van der Waals surface area contributed by atoms with Crippen LogP contribution in [0.3, 0.4) is 0 Å². The molecule has 0 aromatic heterocycles. The minimum Gasteiger partial charge on any atom is -0.496 e. The van der Waals surface area contributed by atoms with E-state index in [9.17, 15) is 9.90 Å². The lowest BCUT2D eigenvalue weighted by Gasteiger charge is -2.33. The highest BCUT2D eigenvalue weighted by Crippen LogP contribution is 2.29. The number of nitrogens with one attached hydrogen (secondary N) is 2. The third kappa shape index (κ3) is 5.39. The second-order valence-corrected chi connectivity index (χ2v) is 7.33. The molecule has 134 valence electrons. The summed E-state index contributed by atoms with van der Waals surface area (Å²) >= 11 is 0. The predicted octanol–water partition coefficient (Wildman–Crippen LogP) is 2.70.